The molecule has 2 N–H and O–H groups in total. The van der Waals surface area contributed by atoms with Crippen molar-refractivity contribution in [2.75, 3.05) is 19.5 Å². The SMILES string of the molecule is COC(=O)Cc1ccc(NC(=O)c2cccc(-c3ccn[nH]3)n2)c(OC)c1. The summed E-state index contributed by atoms with van der Waals surface area (Å²) in [5.41, 5.74) is 2.78. The Kier molecular flexibility index (Phi) is 5.46. The summed E-state index contributed by atoms with van der Waals surface area (Å²) < 4.78 is 9.98. The van der Waals surface area contributed by atoms with Gasteiger partial charge in [0, 0.05) is 6.20 Å². The molecule has 2 heterocycles. The van der Waals surface area contributed by atoms with Crippen LogP contribution >= 0.6 is 0 Å². The van der Waals surface area contributed by atoms with E-state index in [0.29, 0.717) is 17.1 Å². The van der Waals surface area contributed by atoms with Gasteiger partial charge in [-0.2, -0.15) is 5.10 Å². The first kappa shape index (κ1) is 18.1. The van der Waals surface area contributed by atoms with Crippen molar-refractivity contribution in [3.8, 4) is 17.1 Å². The van der Waals surface area contributed by atoms with Gasteiger partial charge in [-0.3, -0.25) is 14.7 Å². The lowest BCUT2D eigenvalue weighted by Gasteiger charge is -2.12. The maximum Gasteiger partial charge on any atom is 0.309 e. The van der Waals surface area contributed by atoms with Gasteiger partial charge in [0.15, 0.2) is 0 Å². The smallest absolute Gasteiger partial charge is 0.309 e. The van der Waals surface area contributed by atoms with Gasteiger partial charge in [-0.05, 0) is 35.9 Å². The van der Waals surface area contributed by atoms with Gasteiger partial charge >= 0.3 is 5.97 Å². The van der Waals surface area contributed by atoms with E-state index < -0.39 is 0 Å². The van der Waals surface area contributed by atoms with Crippen LogP contribution in [0.4, 0.5) is 5.69 Å². The number of carbonyl (C=O) groups excluding carboxylic acids is 2. The number of aromatic nitrogens is 3. The summed E-state index contributed by atoms with van der Waals surface area (Å²) in [6, 6.07) is 12.0. The molecule has 8 heteroatoms. The molecule has 2 aromatic heterocycles. The Bertz CT molecular complexity index is 954. The van der Waals surface area contributed by atoms with Crippen molar-refractivity contribution in [1.29, 1.82) is 0 Å². The quantitative estimate of drug-likeness (QED) is 0.649. The molecular weight excluding hydrogens is 348 g/mol. The Hall–Kier alpha value is -3.68. The molecule has 3 rings (SSSR count). The first-order valence-electron chi connectivity index (χ1n) is 8.12. The normalized spacial score (nSPS) is 10.3. The van der Waals surface area contributed by atoms with Gasteiger partial charge in [0.1, 0.15) is 11.4 Å². The van der Waals surface area contributed by atoms with E-state index in [-0.39, 0.29) is 24.0 Å². The highest BCUT2D eigenvalue weighted by Crippen LogP contribution is 2.26. The predicted molar refractivity (Wildman–Crippen MR) is 98.5 cm³/mol. The summed E-state index contributed by atoms with van der Waals surface area (Å²) in [5, 5.41) is 9.47. The lowest BCUT2D eigenvalue weighted by atomic mass is 10.1. The van der Waals surface area contributed by atoms with Crippen molar-refractivity contribution in [2.45, 2.75) is 6.42 Å². The van der Waals surface area contributed by atoms with E-state index >= 15 is 0 Å². The van der Waals surface area contributed by atoms with Crippen molar-refractivity contribution >= 4 is 17.6 Å². The highest BCUT2D eigenvalue weighted by Gasteiger charge is 2.14. The van der Waals surface area contributed by atoms with Crippen molar-refractivity contribution < 1.29 is 19.1 Å². The molecule has 27 heavy (non-hydrogen) atoms. The molecule has 0 saturated heterocycles. The van der Waals surface area contributed by atoms with Gasteiger partial charge in [-0.15, -0.1) is 0 Å². The summed E-state index contributed by atoms with van der Waals surface area (Å²) >= 11 is 0. The highest BCUT2D eigenvalue weighted by atomic mass is 16.5. The second kappa shape index (κ2) is 8.13. The molecule has 0 bridgehead atoms. The third-order valence-corrected chi connectivity index (χ3v) is 3.85. The van der Waals surface area contributed by atoms with E-state index in [2.05, 4.69) is 25.2 Å². The van der Waals surface area contributed by atoms with Gasteiger partial charge in [0.2, 0.25) is 0 Å². The van der Waals surface area contributed by atoms with Crippen LogP contribution in [0.2, 0.25) is 0 Å². The minimum Gasteiger partial charge on any atom is -0.495 e. The standard InChI is InChI=1S/C19H18N4O4/c1-26-17-10-12(11-18(24)27-2)6-7-15(17)22-19(25)16-5-3-4-13(21-16)14-8-9-20-23-14/h3-10H,11H2,1-2H3,(H,20,23)(H,22,25). The van der Waals surface area contributed by atoms with Crippen LogP contribution in [-0.2, 0) is 16.0 Å². The number of amides is 1. The summed E-state index contributed by atoms with van der Waals surface area (Å²) in [6.07, 6.45) is 1.74. The summed E-state index contributed by atoms with van der Waals surface area (Å²) in [5.74, 6) is -0.293. The fourth-order valence-corrected chi connectivity index (χ4v) is 2.48. The number of H-pyrrole nitrogens is 1. The number of methoxy groups -OCH3 is 2. The molecule has 0 spiro atoms. The van der Waals surface area contributed by atoms with Crippen molar-refractivity contribution in [3.63, 3.8) is 0 Å². The minimum atomic E-state index is -0.379. The van der Waals surface area contributed by atoms with E-state index in [0.717, 1.165) is 11.3 Å². The van der Waals surface area contributed by atoms with Gasteiger partial charge in [0.25, 0.3) is 5.91 Å². The number of nitrogens with one attached hydrogen (secondary N) is 2. The number of nitrogens with zero attached hydrogens (tertiary/aromatic N) is 2. The molecule has 0 atom stereocenters. The van der Waals surface area contributed by atoms with Crippen LogP contribution in [0.1, 0.15) is 16.1 Å². The number of benzene rings is 1. The van der Waals surface area contributed by atoms with Crippen molar-refractivity contribution in [1.82, 2.24) is 15.2 Å². The zero-order valence-electron chi connectivity index (χ0n) is 14.9. The lowest BCUT2D eigenvalue weighted by molar-refractivity contribution is -0.139. The highest BCUT2D eigenvalue weighted by molar-refractivity contribution is 6.04. The van der Waals surface area contributed by atoms with Crippen LogP contribution < -0.4 is 10.1 Å². The molecule has 0 unspecified atom stereocenters. The zero-order chi connectivity index (χ0) is 19.2. The maximum atomic E-state index is 12.6. The number of rotatable bonds is 6. The monoisotopic (exact) mass is 366 g/mol. The van der Waals surface area contributed by atoms with Crippen molar-refractivity contribution in [3.05, 3.63) is 59.9 Å². The number of esters is 1. The average Bonchev–Trinajstić information content (AvgIpc) is 3.24. The fourth-order valence-electron chi connectivity index (χ4n) is 2.48. The third-order valence-electron chi connectivity index (χ3n) is 3.85. The number of pyridine rings is 1. The number of ether oxygens (including phenoxy) is 2. The molecule has 0 radical (unpaired) electrons. The van der Waals surface area contributed by atoms with Crippen LogP contribution in [0.3, 0.4) is 0 Å². The summed E-state index contributed by atoms with van der Waals surface area (Å²) in [7, 11) is 2.82. The van der Waals surface area contributed by atoms with Crippen LogP contribution in [0.5, 0.6) is 5.75 Å². The molecule has 8 nitrogen and oxygen atoms in total. The average molecular weight is 366 g/mol. The molecule has 1 amide bonds. The van der Waals surface area contributed by atoms with Gasteiger partial charge in [0.05, 0.1) is 37.7 Å². The predicted octanol–water partition coefficient (Wildman–Crippen LogP) is 2.45. The first-order chi connectivity index (χ1) is 13.1. The number of hydrogen-bond donors (Lipinski definition) is 2. The van der Waals surface area contributed by atoms with Gasteiger partial charge in [-0.25, -0.2) is 4.98 Å². The van der Waals surface area contributed by atoms with Crippen LogP contribution in [-0.4, -0.2) is 41.3 Å². The number of carbonyl (C=O) groups is 2. The molecule has 0 saturated carbocycles. The van der Waals surface area contributed by atoms with Crippen LogP contribution in [0.25, 0.3) is 11.4 Å². The lowest BCUT2D eigenvalue weighted by Crippen LogP contribution is -2.15. The Morgan fingerprint density at radius 2 is 2.00 bits per heavy atom. The van der Waals surface area contributed by atoms with Gasteiger partial charge < -0.3 is 14.8 Å². The second-order valence-electron chi connectivity index (χ2n) is 5.62. The Labute approximate surface area is 155 Å². The summed E-state index contributed by atoms with van der Waals surface area (Å²) in [6.45, 7) is 0. The third kappa shape index (κ3) is 4.30. The van der Waals surface area contributed by atoms with E-state index in [1.165, 1.54) is 14.2 Å². The van der Waals surface area contributed by atoms with E-state index in [9.17, 15) is 9.59 Å². The number of aromatic amines is 1. The summed E-state index contributed by atoms with van der Waals surface area (Å²) in [4.78, 5) is 28.3. The van der Waals surface area contributed by atoms with Gasteiger partial charge in [-0.1, -0.05) is 12.1 Å². The topological polar surface area (TPSA) is 106 Å². The number of anilines is 1. The van der Waals surface area contributed by atoms with E-state index in [1.807, 2.05) is 0 Å². The maximum absolute atomic E-state index is 12.6. The van der Waals surface area contributed by atoms with Crippen LogP contribution in [0.15, 0.2) is 48.7 Å². The molecule has 3 aromatic rings. The molecule has 1 aromatic carbocycles. The first-order valence-corrected chi connectivity index (χ1v) is 8.12. The fraction of sp³-hybridized carbons (Fsp3) is 0.158. The molecule has 0 fully saturated rings. The molecule has 0 aliphatic heterocycles. The molecule has 0 aliphatic carbocycles. The zero-order valence-corrected chi connectivity index (χ0v) is 14.9. The molecule has 138 valence electrons. The second-order valence-corrected chi connectivity index (χ2v) is 5.62. The Balaban J connectivity index is 1.79. The minimum absolute atomic E-state index is 0.120. The van der Waals surface area contributed by atoms with E-state index in [4.69, 9.17) is 4.74 Å². The Morgan fingerprint density at radius 3 is 2.70 bits per heavy atom. The Morgan fingerprint density at radius 1 is 1.15 bits per heavy atom. The number of hydrogen-bond acceptors (Lipinski definition) is 6. The molecular formula is C19H18N4O4. The van der Waals surface area contributed by atoms with Crippen LogP contribution in [0, 0.1) is 0 Å². The largest absolute Gasteiger partial charge is 0.495 e. The van der Waals surface area contributed by atoms with Crippen molar-refractivity contribution in [2.24, 2.45) is 0 Å². The van der Waals surface area contributed by atoms with E-state index in [1.54, 1.807) is 48.7 Å². The molecule has 0 aliphatic rings.